The molecule has 0 spiro atoms. The SMILES string of the molecule is Cc1ccc(CCNS(=O)(=O)c2ccc3c(c2)NC(=O)CO3)cc1. The van der Waals surface area contributed by atoms with Gasteiger partial charge in [0.25, 0.3) is 5.91 Å². The third-order valence-electron chi connectivity index (χ3n) is 3.72. The van der Waals surface area contributed by atoms with E-state index in [2.05, 4.69) is 10.0 Å². The summed E-state index contributed by atoms with van der Waals surface area (Å²) in [6, 6.07) is 12.4. The maximum Gasteiger partial charge on any atom is 0.262 e. The minimum atomic E-state index is -3.65. The summed E-state index contributed by atoms with van der Waals surface area (Å²) >= 11 is 0. The lowest BCUT2D eigenvalue weighted by molar-refractivity contribution is -0.118. The molecular formula is C17H18N2O4S. The van der Waals surface area contributed by atoms with Crippen molar-refractivity contribution in [1.29, 1.82) is 0 Å². The number of rotatable bonds is 5. The summed E-state index contributed by atoms with van der Waals surface area (Å²) in [6.07, 6.45) is 0.601. The van der Waals surface area contributed by atoms with Gasteiger partial charge in [-0.15, -0.1) is 0 Å². The fourth-order valence-electron chi connectivity index (χ4n) is 2.40. The minimum absolute atomic E-state index is 0.0616. The highest BCUT2D eigenvalue weighted by Gasteiger charge is 2.20. The molecule has 0 bridgehead atoms. The normalized spacial score (nSPS) is 13.8. The van der Waals surface area contributed by atoms with E-state index in [4.69, 9.17) is 4.74 Å². The highest BCUT2D eigenvalue weighted by Crippen LogP contribution is 2.29. The van der Waals surface area contributed by atoms with E-state index in [0.717, 1.165) is 11.1 Å². The van der Waals surface area contributed by atoms with Gasteiger partial charge in [-0.3, -0.25) is 4.79 Å². The van der Waals surface area contributed by atoms with Crippen molar-refractivity contribution in [3.8, 4) is 5.75 Å². The molecule has 0 saturated carbocycles. The topological polar surface area (TPSA) is 84.5 Å². The molecule has 0 aliphatic carbocycles. The lowest BCUT2D eigenvalue weighted by atomic mass is 10.1. The zero-order chi connectivity index (χ0) is 17.2. The van der Waals surface area contributed by atoms with Crippen LogP contribution in [-0.2, 0) is 21.2 Å². The van der Waals surface area contributed by atoms with E-state index in [9.17, 15) is 13.2 Å². The Labute approximate surface area is 140 Å². The van der Waals surface area contributed by atoms with Gasteiger partial charge in [0.05, 0.1) is 10.6 Å². The Hall–Kier alpha value is -2.38. The van der Waals surface area contributed by atoms with Crippen LogP contribution in [0.4, 0.5) is 5.69 Å². The number of sulfonamides is 1. The standard InChI is InChI=1S/C17H18N2O4S/c1-12-2-4-13(5-3-12)8-9-18-24(21,22)14-6-7-16-15(10-14)19-17(20)11-23-16/h2-7,10,18H,8-9,11H2,1H3,(H,19,20). The molecule has 2 N–H and O–H groups in total. The van der Waals surface area contributed by atoms with Gasteiger partial charge in [-0.1, -0.05) is 29.8 Å². The van der Waals surface area contributed by atoms with Gasteiger partial charge in [0, 0.05) is 6.54 Å². The first kappa shape index (κ1) is 16.5. The Morgan fingerprint density at radius 2 is 1.92 bits per heavy atom. The smallest absolute Gasteiger partial charge is 0.262 e. The molecular weight excluding hydrogens is 328 g/mol. The monoisotopic (exact) mass is 346 g/mol. The van der Waals surface area contributed by atoms with E-state index < -0.39 is 10.0 Å². The van der Waals surface area contributed by atoms with Crippen LogP contribution < -0.4 is 14.8 Å². The average molecular weight is 346 g/mol. The molecule has 24 heavy (non-hydrogen) atoms. The van der Waals surface area contributed by atoms with Crippen LogP contribution >= 0.6 is 0 Å². The van der Waals surface area contributed by atoms with Gasteiger partial charge in [-0.25, -0.2) is 13.1 Å². The fourth-order valence-corrected chi connectivity index (χ4v) is 3.45. The van der Waals surface area contributed by atoms with E-state index in [1.807, 2.05) is 31.2 Å². The summed E-state index contributed by atoms with van der Waals surface area (Å²) in [5, 5.41) is 2.60. The maximum atomic E-state index is 12.4. The molecule has 0 aromatic heterocycles. The molecule has 2 aromatic rings. The average Bonchev–Trinajstić information content (AvgIpc) is 2.56. The van der Waals surface area contributed by atoms with Crippen LogP contribution in [0, 0.1) is 6.92 Å². The number of aryl methyl sites for hydroxylation is 1. The zero-order valence-electron chi connectivity index (χ0n) is 13.2. The van der Waals surface area contributed by atoms with Crippen LogP contribution in [0.15, 0.2) is 47.4 Å². The second-order valence-electron chi connectivity index (χ2n) is 5.63. The predicted molar refractivity (Wildman–Crippen MR) is 90.6 cm³/mol. The highest BCUT2D eigenvalue weighted by molar-refractivity contribution is 7.89. The second-order valence-corrected chi connectivity index (χ2v) is 7.40. The van der Waals surface area contributed by atoms with Crippen molar-refractivity contribution in [3.05, 3.63) is 53.6 Å². The molecule has 1 amide bonds. The molecule has 2 aromatic carbocycles. The Morgan fingerprint density at radius 1 is 1.17 bits per heavy atom. The molecule has 6 nitrogen and oxygen atoms in total. The van der Waals surface area contributed by atoms with Gasteiger partial charge in [0.2, 0.25) is 10.0 Å². The number of ether oxygens (including phenoxy) is 1. The van der Waals surface area contributed by atoms with Gasteiger partial charge in [-0.05, 0) is 37.1 Å². The van der Waals surface area contributed by atoms with Gasteiger partial charge in [0.15, 0.2) is 6.61 Å². The third kappa shape index (κ3) is 3.74. The Bertz CT molecular complexity index is 861. The van der Waals surface area contributed by atoms with Crippen molar-refractivity contribution >= 4 is 21.6 Å². The Balaban J connectivity index is 1.68. The summed E-state index contributed by atoms with van der Waals surface area (Å²) in [7, 11) is -3.65. The van der Waals surface area contributed by atoms with Crippen LogP contribution in [-0.4, -0.2) is 27.5 Å². The predicted octanol–water partition coefficient (Wildman–Crippen LogP) is 1.85. The van der Waals surface area contributed by atoms with Crippen LogP contribution in [0.25, 0.3) is 0 Å². The van der Waals surface area contributed by atoms with Crippen molar-refractivity contribution in [2.45, 2.75) is 18.2 Å². The Morgan fingerprint density at radius 3 is 2.67 bits per heavy atom. The molecule has 0 fully saturated rings. The second kappa shape index (κ2) is 6.62. The van der Waals surface area contributed by atoms with Gasteiger partial charge >= 0.3 is 0 Å². The van der Waals surface area contributed by atoms with Crippen molar-refractivity contribution in [2.75, 3.05) is 18.5 Å². The van der Waals surface area contributed by atoms with E-state index in [-0.39, 0.29) is 17.4 Å². The number of nitrogens with one attached hydrogen (secondary N) is 2. The van der Waals surface area contributed by atoms with Crippen LogP contribution in [0.5, 0.6) is 5.75 Å². The van der Waals surface area contributed by atoms with E-state index in [1.54, 1.807) is 6.07 Å². The first-order chi connectivity index (χ1) is 11.4. The molecule has 0 atom stereocenters. The molecule has 1 aliphatic rings. The number of hydrogen-bond donors (Lipinski definition) is 2. The lowest BCUT2D eigenvalue weighted by Crippen LogP contribution is -2.28. The molecule has 0 unspecified atom stereocenters. The quantitative estimate of drug-likeness (QED) is 0.865. The van der Waals surface area contributed by atoms with E-state index in [0.29, 0.717) is 24.4 Å². The molecule has 7 heteroatoms. The van der Waals surface area contributed by atoms with E-state index >= 15 is 0 Å². The van der Waals surface area contributed by atoms with Crippen molar-refractivity contribution in [2.24, 2.45) is 0 Å². The summed E-state index contributed by atoms with van der Waals surface area (Å²) in [5.41, 5.74) is 2.60. The molecule has 3 rings (SSSR count). The third-order valence-corrected chi connectivity index (χ3v) is 5.18. The van der Waals surface area contributed by atoms with Crippen LogP contribution in [0.3, 0.4) is 0 Å². The van der Waals surface area contributed by atoms with Crippen LogP contribution in [0.1, 0.15) is 11.1 Å². The molecule has 1 aliphatic heterocycles. The number of amides is 1. The van der Waals surface area contributed by atoms with Crippen molar-refractivity contribution < 1.29 is 17.9 Å². The molecule has 0 radical (unpaired) electrons. The largest absolute Gasteiger partial charge is 0.482 e. The number of carbonyl (C=O) groups is 1. The lowest BCUT2D eigenvalue weighted by Gasteiger charge is -2.18. The number of carbonyl (C=O) groups excluding carboxylic acids is 1. The van der Waals surface area contributed by atoms with Crippen molar-refractivity contribution in [1.82, 2.24) is 4.72 Å². The summed E-state index contributed by atoms with van der Waals surface area (Å²) < 4.78 is 32.6. The summed E-state index contributed by atoms with van der Waals surface area (Å²) in [6.45, 7) is 2.24. The first-order valence-corrected chi connectivity index (χ1v) is 9.04. The molecule has 0 saturated heterocycles. The van der Waals surface area contributed by atoms with Crippen molar-refractivity contribution in [3.63, 3.8) is 0 Å². The summed E-state index contributed by atoms with van der Waals surface area (Å²) in [4.78, 5) is 11.4. The van der Waals surface area contributed by atoms with Gasteiger partial charge < -0.3 is 10.1 Å². The Kier molecular flexibility index (Phi) is 4.55. The van der Waals surface area contributed by atoms with Gasteiger partial charge in [-0.2, -0.15) is 0 Å². The van der Waals surface area contributed by atoms with Gasteiger partial charge in [0.1, 0.15) is 5.75 Å². The highest BCUT2D eigenvalue weighted by atomic mass is 32.2. The number of fused-ring (bicyclic) bond motifs is 1. The fraction of sp³-hybridized carbons (Fsp3) is 0.235. The maximum absolute atomic E-state index is 12.4. The first-order valence-electron chi connectivity index (χ1n) is 7.56. The van der Waals surface area contributed by atoms with E-state index in [1.165, 1.54) is 12.1 Å². The number of anilines is 1. The van der Waals surface area contributed by atoms with Crippen LogP contribution in [0.2, 0.25) is 0 Å². The number of hydrogen-bond acceptors (Lipinski definition) is 4. The zero-order valence-corrected chi connectivity index (χ0v) is 14.0. The molecule has 1 heterocycles. The number of benzene rings is 2. The summed E-state index contributed by atoms with van der Waals surface area (Å²) in [5.74, 6) is 0.164. The minimum Gasteiger partial charge on any atom is -0.482 e. The molecule has 126 valence electrons.